The number of carboxylic acids is 1. The van der Waals surface area contributed by atoms with Crippen LogP contribution in [-0.2, 0) is 23.2 Å². The van der Waals surface area contributed by atoms with Gasteiger partial charge >= 0.3 is 11.7 Å². The van der Waals surface area contributed by atoms with Crippen molar-refractivity contribution >= 4 is 12.2 Å². The number of hydrogen-bond acceptors (Lipinski definition) is 6. The van der Waals surface area contributed by atoms with E-state index in [-0.39, 0.29) is 17.6 Å². The molecular weight excluding hydrogens is 458 g/mol. The van der Waals surface area contributed by atoms with Gasteiger partial charge in [-0.2, -0.15) is 5.21 Å². The number of rotatable bonds is 10. The van der Waals surface area contributed by atoms with Crippen LogP contribution >= 0.6 is 0 Å². The summed E-state index contributed by atoms with van der Waals surface area (Å²) in [4.78, 5) is 29.9. The number of carbonyl (C=O) groups is 1. The summed E-state index contributed by atoms with van der Waals surface area (Å²) >= 11 is 0. The summed E-state index contributed by atoms with van der Waals surface area (Å²) in [7, 11) is 0. The Kier molecular flexibility index (Phi) is 6.42. The van der Waals surface area contributed by atoms with Gasteiger partial charge in [0.2, 0.25) is 5.82 Å². The van der Waals surface area contributed by atoms with E-state index in [4.69, 9.17) is 0 Å². The smallest absolute Gasteiger partial charge is 0.328 e. The Balaban J connectivity index is 1.57. The molecule has 0 spiro atoms. The molecule has 2 N–H and O–H groups in total. The van der Waals surface area contributed by atoms with E-state index in [1.165, 1.54) is 0 Å². The highest BCUT2D eigenvalue weighted by Gasteiger charge is 2.56. The van der Waals surface area contributed by atoms with E-state index in [0.29, 0.717) is 18.8 Å². The number of hydrogen-bond donors (Lipinski definition) is 2. The molecule has 10 heteroatoms. The first-order chi connectivity index (χ1) is 17.5. The average Bonchev–Trinajstić information content (AvgIpc) is 3.21. The molecule has 4 atom stereocenters. The first kappa shape index (κ1) is 23.9. The zero-order valence-corrected chi connectivity index (χ0v) is 20.5. The third-order valence-corrected chi connectivity index (χ3v) is 7.60. The topological polar surface area (TPSA) is 131 Å². The van der Waals surface area contributed by atoms with Gasteiger partial charge in [0.05, 0.1) is 12.0 Å². The van der Waals surface area contributed by atoms with Crippen LogP contribution < -0.4 is 5.69 Å². The number of aromatic amines is 1. The Hall–Kier alpha value is -3.82. The summed E-state index contributed by atoms with van der Waals surface area (Å²) < 4.78 is 3.53. The van der Waals surface area contributed by atoms with Gasteiger partial charge in [0.25, 0.3) is 0 Å². The number of carboxylic acid groups (broad SMARTS) is 1. The molecule has 1 aliphatic heterocycles. The van der Waals surface area contributed by atoms with Crippen molar-refractivity contribution in [3.63, 3.8) is 0 Å². The Labute approximate surface area is 208 Å². The van der Waals surface area contributed by atoms with Gasteiger partial charge in [-0.1, -0.05) is 51.0 Å². The van der Waals surface area contributed by atoms with Gasteiger partial charge < -0.3 is 5.11 Å². The quantitative estimate of drug-likeness (QED) is 0.449. The number of aromatic nitrogens is 6. The summed E-state index contributed by atoms with van der Waals surface area (Å²) in [6.45, 7) is 4.54. The van der Waals surface area contributed by atoms with Crippen LogP contribution in [0.4, 0.5) is 0 Å². The Morgan fingerprint density at radius 2 is 2.17 bits per heavy atom. The SMILES string of the molecule is CCCCc1cn(C2C(CC)C2C(=O)O)c(=O)n1CC1(c2cccc(-c3nn[nH]n3)c2)C=CN=CC1. The van der Waals surface area contributed by atoms with Crippen LogP contribution in [0.15, 0.2) is 52.5 Å². The molecule has 0 bridgehead atoms. The minimum absolute atomic E-state index is 0.0163. The normalized spacial score (nSPS) is 24.8. The predicted octanol–water partition coefficient (Wildman–Crippen LogP) is 3.38. The van der Waals surface area contributed by atoms with Crippen LogP contribution in [0, 0.1) is 11.8 Å². The number of aliphatic imine (C=N–C) groups is 1. The monoisotopic (exact) mass is 489 g/mol. The second-order valence-corrected chi connectivity index (χ2v) is 9.75. The number of tetrazole rings is 1. The zero-order chi connectivity index (χ0) is 25.3. The van der Waals surface area contributed by atoms with Crippen LogP contribution in [0.5, 0.6) is 0 Å². The van der Waals surface area contributed by atoms with Gasteiger partial charge in [0.15, 0.2) is 0 Å². The Morgan fingerprint density at radius 3 is 2.81 bits per heavy atom. The molecule has 4 unspecified atom stereocenters. The maximum atomic E-state index is 13.8. The predicted molar refractivity (Wildman–Crippen MR) is 135 cm³/mol. The number of imidazole rings is 1. The second-order valence-electron chi connectivity index (χ2n) is 9.75. The van der Waals surface area contributed by atoms with Crippen molar-refractivity contribution in [1.29, 1.82) is 0 Å². The lowest BCUT2D eigenvalue weighted by Crippen LogP contribution is -2.37. The largest absolute Gasteiger partial charge is 0.481 e. The third kappa shape index (κ3) is 4.20. The van der Waals surface area contributed by atoms with E-state index in [2.05, 4.69) is 44.7 Å². The fourth-order valence-corrected chi connectivity index (χ4v) is 5.53. The van der Waals surface area contributed by atoms with Gasteiger partial charge in [-0.25, -0.2) is 4.79 Å². The number of unbranched alkanes of at least 4 members (excludes halogenated alkanes) is 1. The van der Waals surface area contributed by atoms with E-state index >= 15 is 0 Å². The molecule has 0 saturated heterocycles. The number of aryl methyl sites for hydroxylation is 1. The molecule has 0 radical (unpaired) electrons. The van der Waals surface area contributed by atoms with Crippen LogP contribution in [0.1, 0.15) is 56.8 Å². The average molecular weight is 490 g/mol. The first-order valence-electron chi connectivity index (χ1n) is 12.6. The second kappa shape index (κ2) is 9.67. The lowest BCUT2D eigenvalue weighted by atomic mass is 9.76. The molecule has 1 aliphatic carbocycles. The molecule has 2 aliphatic rings. The van der Waals surface area contributed by atoms with Crippen molar-refractivity contribution in [1.82, 2.24) is 29.8 Å². The summed E-state index contributed by atoms with van der Waals surface area (Å²) in [6, 6.07) is 7.69. The molecule has 10 nitrogen and oxygen atoms in total. The highest BCUT2D eigenvalue weighted by atomic mass is 16.4. The fourth-order valence-electron chi connectivity index (χ4n) is 5.53. The summed E-state index contributed by atoms with van der Waals surface area (Å²) in [5, 5.41) is 24.1. The third-order valence-electron chi connectivity index (χ3n) is 7.60. The van der Waals surface area contributed by atoms with E-state index in [9.17, 15) is 14.7 Å². The molecule has 5 rings (SSSR count). The van der Waals surface area contributed by atoms with Crippen LogP contribution in [-0.4, -0.2) is 47.0 Å². The molecule has 1 saturated carbocycles. The van der Waals surface area contributed by atoms with Crippen molar-refractivity contribution in [2.45, 2.75) is 64.0 Å². The van der Waals surface area contributed by atoms with Gasteiger partial charge in [0, 0.05) is 41.8 Å². The van der Waals surface area contributed by atoms with Gasteiger partial charge in [-0.15, -0.1) is 10.2 Å². The number of nitrogens with zero attached hydrogens (tertiary/aromatic N) is 6. The summed E-state index contributed by atoms with van der Waals surface area (Å²) in [6.07, 6.45) is 11.7. The summed E-state index contributed by atoms with van der Waals surface area (Å²) in [5.41, 5.74) is 2.16. The molecule has 36 heavy (non-hydrogen) atoms. The van der Waals surface area contributed by atoms with E-state index < -0.39 is 17.3 Å². The van der Waals surface area contributed by atoms with E-state index in [1.54, 1.807) is 10.8 Å². The minimum Gasteiger partial charge on any atom is -0.481 e. The molecule has 3 aromatic rings. The highest BCUT2D eigenvalue weighted by molar-refractivity contribution is 5.74. The van der Waals surface area contributed by atoms with Crippen LogP contribution in [0.25, 0.3) is 11.4 Å². The Morgan fingerprint density at radius 1 is 1.31 bits per heavy atom. The number of H-pyrrole nitrogens is 1. The van der Waals surface area contributed by atoms with Crippen molar-refractivity contribution in [3.8, 4) is 11.4 Å². The van der Waals surface area contributed by atoms with E-state index in [0.717, 1.165) is 42.5 Å². The maximum Gasteiger partial charge on any atom is 0.328 e. The van der Waals surface area contributed by atoms with Crippen LogP contribution in [0.3, 0.4) is 0 Å². The molecule has 188 valence electrons. The number of aliphatic carboxylic acids is 1. The van der Waals surface area contributed by atoms with Crippen molar-refractivity contribution < 1.29 is 9.90 Å². The molecule has 2 aromatic heterocycles. The van der Waals surface area contributed by atoms with Crippen LogP contribution in [0.2, 0.25) is 0 Å². The van der Waals surface area contributed by atoms with Gasteiger partial charge in [0.1, 0.15) is 0 Å². The molecule has 1 fully saturated rings. The number of allylic oxidation sites excluding steroid dienone is 1. The molecule has 1 aromatic carbocycles. The lowest BCUT2D eigenvalue weighted by Gasteiger charge is -2.32. The standard InChI is InChI=1S/C26H31N7O3/c1-3-5-9-19-15-32(22-20(4-2)21(22)24(34)35)25(36)33(19)16-26(10-12-27-13-11-26)18-8-6-7-17(14-18)23-28-30-31-29-23/h6-8,10,12-15,20-22H,3-5,9,11,16H2,1-2H3,(H,34,35)(H,28,29,30,31). The molecular formula is C26H31N7O3. The first-order valence-corrected chi connectivity index (χ1v) is 12.6. The molecule has 3 heterocycles. The van der Waals surface area contributed by atoms with Crippen molar-refractivity contribution in [2.24, 2.45) is 16.8 Å². The maximum absolute atomic E-state index is 13.8. The van der Waals surface area contributed by atoms with E-state index in [1.807, 2.05) is 42.1 Å². The highest BCUT2D eigenvalue weighted by Crippen LogP contribution is 2.52. The molecule has 0 amide bonds. The zero-order valence-electron chi connectivity index (χ0n) is 20.5. The van der Waals surface area contributed by atoms with Crippen molar-refractivity contribution in [2.75, 3.05) is 0 Å². The number of nitrogens with one attached hydrogen (secondary N) is 1. The van der Waals surface area contributed by atoms with Crippen molar-refractivity contribution in [3.05, 3.63) is 64.5 Å². The minimum atomic E-state index is -0.831. The number of benzene rings is 1. The van der Waals surface area contributed by atoms with Gasteiger partial charge in [-0.05, 0) is 42.0 Å². The summed E-state index contributed by atoms with van der Waals surface area (Å²) in [5.74, 6) is -0.850. The fraction of sp³-hybridized carbons (Fsp3) is 0.462. The van der Waals surface area contributed by atoms with Gasteiger partial charge in [-0.3, -0.25) is 18.9 Å². The lowest BCUT2D eigenvalue weighted by molar-refractivity contribution is -0.139. The Bertz CT molecular complexity index is 1350.